The van der Waals surface area contributed by atoms with E-state index in [9.17, 15) is 0 Å². The first-order valence-electron chi connectivity index (χ1n) is 9.92. The van der Waals surface area contributed by atoms with E-state index in [-0.39, 0.29) is 0 Å². The number of methoxy groups -OCH3 is 2. The van der Waals surface area contributed by atoms with Gasteiger partial charge in [0.15, 0.2) is 17.5 Å². The van der Waals surface area contributed by atoms with Crippen LogP contribution in [0.5, 0.6) is 11.5 Å². The van der Waals surface area contributed by atoms with Crippen molar-refractivity contribution in [1.82, 2.24) is 10.2 Å². The van der Waals surface area contributed by atoms with Gasteiger partial charge < -0.3 is 24.4 Å². The van der Waals surface area contributed by atoms with Crippen molar-refractivity contribution < 1.29 is 14.2 Å². The van der Waals surface area contributed by atoms with Crippen LogP contribution < -0.4 is 14.8 Å². The standard InChI is InChI=1S/C21H33N3O3/c1-5-27-11-9-21(7-8-21)15-23-20(22-2)24-10-6-16-12-18(25-3)19(26-4)13-17(16)14-24/h12-13H,5-11,14-15H2,1-4H3,(H,22,23). The number of hydrogen-bond donors (Lipinski definition) is 1. The molecule has 150 valence electrons. The number of nitrogens with zero attached hydrogens (tertiary/aromatic N) is 2. The molecule has 0 spiro atoms. The Labute approximate surface area is 162 Å². The SMILES string of the molecule is CCOCCC1(CNC(=NC)N2CCc3cc(OC)c(OC)cc3C2)CC1. The van der Waals surface area contributed by atoms with Crippen LogP contribution in [0.15, 0.2) is 17.1 Å². The van der Waals surface area contributed by atoms with Gasteiger partial charge in [0, 0.05) is 39.9 Å². The zero-order valence-electron chi connectivity index (χ0n) is 17.1. The van der Waals surface area contributed by atoms with E-state index in [2.05, 4.69) is 34.3 Å². The summed E-state index contributed by atoms with van der Waals surface area (Å²) in [4.78, 5) is 6.86. The first-order chi connectivity index (χ1) is 13.1. The highest BCUT2D eigenvalue weighted by Gasteiger charge is 2.42. The second-order valence-electron chi connectivity index (χ2n) is 7.50. The van der Waals surface area contributed by atoms with Crippen LogP contribution in [-0.4, -0.2) is 58.4 Å². The van der Waals surface area contributed by atoms with Crippen LogP contribution >= 0.6 is 0 Å². The fourth-order valence-electron chi connectivity index (χ4n) is 3.79. The van der Waals surface area contributed by atoms with Gasteiger partial charge >= 0.3 is 0 Å². The van der Waals surface area contributed by atoms with Gasteiger partial charge in [-0.15, -0.1) is 0 Å². The van der Waals surface area contributed by atoms with Crippen molar-refractivity contribution in [3.05, 3.63) is 23.3 Å². The van der Waals surface area contributed by atoms with E-state index >= 15 is 0 Å². The smallest absolute Gasteiger partial charge is 0.193 e. The van der Waals surface area contributed by atoms with E-state index in [1.54, 1.807) is 14.2 Å². The second-order valence-corrected chi connectivity index (χ2v) is 7.50. The van der Waals surface area contributed by atoms with Crippen molar-refractivity contribution >= 4 is 5.96 Å². The predicted molar refractivity (Wildman–Crippen MR) is 108 cm³/mol. The van der Waals surface area contributed by atoms with Crippen LogP contribution in [0.4, 0.5) is 0 Å². The number of ether oxygens (including phenoxy) is 3. The summed E-state index contributed by atoms with van der Waals surface area (Å²) in [7, 11) is 5.24. The maximum absolute atomic E-state index is 5.55. The first-order valence-corrected chi connectivity index (χ1v) is 9.92. The lowest BCUT2D eigenvalue weighted by Crippen LogP contribution is -2.45. The molecule has 0 atom stereocenters. The molecule has 1 saturated carbocycles. The van der Waals surface area contributed by atoms with Gasteiger partial charge in [-0.1, -0.05) is 0 Å². The predicted octanol–water partition coefficient (Wildman–Crippen LogP) is 2.84. The number of hydrogen-bond acceptors (Lipinski definition) is 4. The van der Waals surface area contributed by atoms with Crippen LogP contribution in [0.2, 0.25) is 0 Å². The number of benzene rings is 1. The molecule has 6 heteroatoms. The topological polar surface area (TPSA) is 55.3 Å². The van der Waals surface area contributed by atoms with Gasteiger partial charge in [0.05, 0.1) is 14.2 Å². The van der Waals surface area contributed by atoms with E-state index < -0.39 is 0 Å². The lowest BCUT2D eigenvalue weighted by Gasteiger charge is -2.33. The highest BCUT2D eigenvalue weighted by Crippen LogP contribution is 2.48. The molecule has 27 heavy (non-hydrogen) atoms. The molecule has 0 saturated heterocycles. The van der Waals surface area contributed by atoms with E-state index in [4.69, 9.17) is 14.2 Å². The normalized spacial score (nSPS) is 18.1. The number of rotatable bonds is 8. The Balaban J connectivity index is 1.61. The number of fused-ring (bicyclic) bond motifs is 1. The quantitative estimate of drug-likeness (QED) is 0.430. The van der Waals surface area contributed by atoms with Crippen molar-refractivity contribution in [2.45, 2.75) is 39.2 Å². The van der Waals surface area contributed by atoms with Crippen LogP contribution in [0.1, 0.15) is 37.3 Å². The van der Waals surface area contributed by atoms with Gasteiger partial charge in [-0.3, -0.25) is 4.99 Å². The van der Waals surface area contributed by atoms with Gasteiger partial charge in [0.2, 0.25) is 0 Å². The fraction of sp³-hybridized carbons (Fsp3) is 0.667. The van der Waals surface area contributed by atoms with Crippen LogP contribution in [0.25, 0.3) is 0 Å². The van der Waals surface area contributed by atoms with Crippen molar-refractivity contribution in [2.75, 3.05) is 47.6 Å². The molecule has 3 rings (SSSR count). The summed E-state index contributed by atoms with van der Waals surface area (Å²) in [5.74, 6) is 2.57. The summed E-state index contributed by atoms with van der Waals surface area (Å²) < 4.78 is 16.5. The van der Waals surface area contributed by atoms with Crippen molar-refractivity contribution in [3.63, 3.8) is 0 Å². The molecule has 1 aromatic carbocycles. The summed E-state index contributed by atoms with van der Waals surface area (Å²) in [6.45, 7) is 6.47. The van der Waals surface area contributed by atoms with Crippen molar-refractivity contribution in [3.8, 4) is 11.5 Å². The van der Waals surface area contributed by atoms with Gasteiger partial charge in [0.1, 0.15) is 0 Å². The highest BCUT2D eigenvalue weighted by atomic mass is 16.5. The molecule has 0 bridgehead atoms. The molecule has 1 aliphatic carbocycles. The van der Waals surface area contributed by atoms with Crippen molar-refractivity contribution in [2.24, 2.45) is 10.4 Å². The average Bonchev–Trinajstić information content (AvgIpc) is 3.47. The number of aliphatic imine (C=N–C) groups is 1. The molecule has 6 nitrogen and oxygen atoms in total. The molecule has 1 fully saturated rings. The molecule has 0 radical (unpaired) electrons. The maximum Gasteiger partial charge on any atom is 0.193 e. The van der Waals surface area contributed by atoms with E-state index in [0.717, 1.165) is 63.1 Å². The zero-order valence-corrected chi connectivity index (χ0v) is 17.1. The summed E-state index contributed by atoms with van der Waals surface area (Å²) in [5.41, 5.74) is 3.00. The Morgan fingerprint density at radius 1 is 1.19 bits per heavy atom. The molecular formula is C21H33N3O3. The zero-order chi connectivity index (χ0) is 19.3. The number of guanidine groups is 1. The van der Waals surface area contributed by atoms with Gasteiger partial charge in [-0.05, 0) is 61.3 Å². The Morgan fingerprint density at radius 2 is 1.89 bits per heavy atom. The third-order valence-corrected chi connectivity index (χ3v) is 5.79. The molecular weight excluding hydrogens is 342 g/mol. The molecule has 2 aliphatic rings. The Hall–Kier alpha value is -1.95. The Bertz CT molecular complexity index is 671. The lowest BCUT2D eigenvalue weighted by atomic mass is 9.99. The average molecular weight is 376 g/mol. The molecule has 1 aliphatic heterocycles. The molecule has 1 heterocycles. The fourth-order valence-corrected chi connectivity index (χ4v) is 3.79. The maximum atomic E-state index is 5.55. The third kappa shape index (κ3) is 4.67. The second kappa shape index (κ2) is 8.83. The summed E-state index contributed by atoms with van der Waals surface area (Å²) in [5, 5.41) is 3.62. The summed E-state index contributed by atoms with van der Waals surface area (Å²) in [6, 6.07) is 4.20. The van der Waals surface area contributed by atoms with Gasteiger partial charge in [-0.2, -0.15) is 0 Å². The molecule has 1 aromatic rings. The monoisotopic (exact) mass is 375 g/mol. The molecule has 1 N–H and O–H groups in total. The minimum atomic E-state index is 0.398. The van der Waals surface area contributed by atoms with Crippen LogP contribution in [0, 0.1) is 5.41 Å². The molecule has 0 aromatic heterocycles. The van der Waals surface area contributed by atoms with E-state index in [1.165, 1.54) is 24.0 Å². The third-order valence-electron chi connectivity index (χ3n) is 5.79. The summed E-state index contributed by atoms with van der Waals surface area (Å²) >= 11 is 0. The lowest BCUT2D eigenvalue weighted by molar-refractivity contribution is 0.128. The summed E-state index contributed by atoms with van der Waals surface area (Å²) in [6.07, 6.45) is 4.67. The molecule has 0 amide bonds. The highest BCUT2D eigenvalue weighted by molar-refractivity contribution is 5.80. The molecule has 0 unspecified atom stereocenters. The van der Waals surface area contributed by atoms with Crippen molar-refractivity contribution in [1.29, 1.82) is 0 Å². The van der Waals surface area contributed by atoms with Crippen LogP contribution in [0.3, 0.4) is 0 Å². The largest absolute Gasteiger partial charge is 0.493 e. The first kappa shape index (κ1) is 19.8. The Kier molecular flexibility index (Phi) is 6.47. The van der Waals surface area contributed by atoms with Gasteiger partial charge in [-0.25, -0.2) is 0 Å². The van der Waals surface area contributed by atoms with E-state index in [0.29, 0.717) is 5.41 Å². The van der Waals surface area contributed by atoms with E-state index in [1.807, 2.05) is 7.05 Å². The number of nitrogens with one attached hydrogen (secondary N) is 1. The minimum absolute atomic E-state index is 0.398. The Morgan fingerprint density at radius 3 is 2.48 bits per heavy atom. The van der Waals surface area contributed by atoms with Crippen LogP contribution in [-0.2, 0) is 17.7 Å². The van der Waals surface area contributed by atoms with Gasteiger partial charge in [0.25, 0.3) is 0 Å². The minimum Gasteiger partial charge on any atom is -0.493 e.